The predicted molar refractivity (Wildman–Crippen MR) is 207 cm³/mol. The van der Waals surface area contributed by atoms with Crippen molar-refractivity contribution in [3.8, 4) is 45.6 Å². The number of benzene rings is 7. The maximum Gasteiger partial charge on any atom is 0.227 e. The molecule has 0 fully saturated rings. The lowest BCUT2D eigenvalue weighted by molar-refractivity contribution is 0.622. The van der Waals surface area contributed by atoms with E-state index in [-0.39, 0.29) is 0 Å². The zero-order chi connectivity index (χ0) is 33.5. The average molecular weight is 673 g/mol. The number of nitrogens with zero attached hydrogens (tertiary/aromatic N) is 4. The van der Waals surface area contributed by atoms with Gasteiger partial charge >= 0.3 is 0 Å². The van der Waals surface area contributed by atoms with Gasteiger partial charge in [-0.25, -0.2) is 19.9 Å². The minimum atomic E-state index is 0.577. The van der Waals surface area contributed by atoms with Crippen molar-refractivity contribution in [3.05, 3.63) is 146 Å². The highest BCUT2D eigenvalue weighted by atomic mass is 32.1. The minimum Gasteiger partial charge on any atom is -0.456 e. The van der Waals surface area contributed by atoms with Gasteiger partial charge in [0.2, 0.25) is 5.89 Å². The van der Waals surface area contributed by atoms with Crippen LogP contribution in [0.25, 0.3) is 110 Å². The molecule has 0 aliphatic heterocycles. The lowest BCUT2D eigenvalue weighted by atomic mass is 10.0. The number of aromatic nitrogens is 4. The van der Waals surface area contributed by atoms with Crippen molar-refractivity contribution in [3.63, 3.8) is 0 Å². The molecule has 11 aromatic rings. The number of furan rings is 1. The van der Waals surface area contributed by atoms with Crippen LogP contribution in [0.2, 0.25) is 0 Å². The molecular weight excluding hydrogens is 649 g/mol. The minimum absolute atomic E-state index is 0.577. The summed E-state index contributed by atoms with van der Waals surface area (Å²) in [7, 11) is 0. The third-order valence-electron chi connectivity index (χ3n) is 9.56. The van der Waals surface area contributed by atoms with Gasteiger partial charge in [-0.2, -0.15) is 0 Å². The SMILES string of the molecule is c1ccc(-c2nc(-c3ccc4ccc5oc6ccc7nc(-c8ccccc8)oc7c6c5c4c3)nc(-c3cccc4c3sc3ccccc34)n2)cc1. The molecule has 0 saturated heterocycles. The van der Waals surface area contributed by atoms with Crippen LogP contribution >= 0.6 is 11.3 Å². The highest BCUT2D eigenvalue weighted by Gasteiger charge is 2.20. The molecule has 238 valence electrons. The normalized spacial score (nSPS) is 11.9. The second-order valence-corrected chi connectivity index (χ2v) is 13.7. The molecule has 6 nitrogen and oxygen atoms in total. The standard InChI is InChI=1S/C44H24N4O2S/c1-3-10-26(11-4-1)41-46-42(48-43(47-41)31-16-9-15-30-29-14-7-8-17-36(29)51-40(30)31)28-19-18-25-20-22-34-37(32(25)24-28)38-35(49-34)23-21-33-39(38)50-44(45-33)27-12-5-2-6-13-27/h1-24H. The fourth-order valence-electron chi connectivity index (χ4n) is 7.17. The van der Waals surface area contributed by atoms with E-state index >= 15 is 0 Å². The fraction of sp³-hybridized carbons (Fsp3) is 0. The molecule has 0 bridgehead atoms. The number of thiophene rings is 1. The Balaban J connectivity index is 1.15. The quantitative estimate of drug-likeness (QED) is 0.185. The molecule has 0 spiro atoms. The number of fused-ring (bicyclic) bond motifs is 10. The molecule has 0 saturated carbocycles. The van der Waals surface area contributed by atoms with Gasteiger partial charge in [0.25, 0.3) is 0 Å². The highest BCUT2D eigenvalue weighted by molar-refractivity contribution is 7.26. The maximum absolute atomic E-state index is 6.48. The molecule has 51 heavy (non-hydrogen) atoms. The van der Waals surface area contributed by atoms with Crippen molar-refractivity contribution >= 4 is 75.3 Å². The van der Waals surface area contributed by atoms with Gasteiger partial charge in [-0.05, 0) is 59.3 Å². The molecule has 4 heterocycles. The zero-order valence-corrected chi connectivity index (χ0v) is 27.7. The van der Waals surface area contributed by atoms with E-state index in [0.29, 0.717) is 28.9 Å². The average Bonchev–Trinajstić information content (AvgIpc) is 3.91. The molecule has 7 aromatic carbocycles. The first-order valence-electron chi connectivity index (χ1n) is 16.7. The summed E-state index contributed by atoms with van der Waals surface area (Å²) < 4.78 is 15.3. The Morgan fingerprint density at radius 2 is 1.14 bits per heavy atom. The van der Waals surface area contributed by atoms with E-state index < -0.39 is 0 Å². The predicted octanol–water partition coefficient (Wildman–Crippen LogP) is 12.1. The van der Waals surface area contributed by atoms with Gasteiger partial charge in [0.15, 0.2) is 23.1 Å². The first-order valence-corrected chi connectivity index (χ1v) is 17.5. The van der Waals surface area contributed by atoms with E-state index in [2.05, 4.69) is 66.7 Å². The third kappa shape index (κ3) is 4.42. The highest BCUT2D eigenvalue weighted by Crippen LogP contribution is 2.42. The first-order chi connectivity index (χ1) is 25.2. The van der Waals surface area contributed by atoms with Gasteiger partial charge in [0, 0.05) is 47.8 Å². The summed E-state index contributed by atoms with van der Waals surface area (Å²) in [6.45, 7) is 0. The van der Waals surface area contributed by atoms with Crippen molar-refractivity contribution in [2.24, 2.45) is 0 Å². The summed E-state index contributed by atoms with van der Waals surface area (Å²) in [5.74, 6) is 2.44. The van der Waals surface area contributed by atoms with Crippen LogP contribution in [0.5, 0.6) is 0 Å². The van der Waals surface area contributed by atoms with Gasteiger partial charge in [0.05, 0.1) is 5.39 Å². The topological polar surface area (TPSA) is 77.8 Å². The van der Waals surface area contributed by atoms with Crippen LogP contribution in [0, 0.1) is 0 Å². The van der Waals surface area contributed by atoms with Crippen molar-refractivity contribution in [2.75, 3.05) is 0 Å². The summed E-state index contributed by atoms with van der Waals surface area (Å²) in [6.07, 6.45) is 0. The van der Waals surface area contributed by atoms with Crippen LogP contribution in [-0.2, 0) is 0 Å². The Bertz CT molecular complexity index is 3150. The third-order valence-corrected chi connectivity index (χ3v) is 10.8. The number of hydrogen-bond acceptors (Lipinski definition) is 7. The smallest absolute Gasteiger partial charge is 0.227 e. The second-order valence-electron chi connectivity index (χ2n) is 12.6. The molecule has 0 aliphatic carbocycles. The van der Waals surface area contributed by atoms with E-state index in [1.807, 2.05) is 78.9 Å². The summed E-state index contributed by atoms with van der Waals surface area (Å²) in [5.41, 5.74) is 6.72. The van der Waals surface area contributed by atoms with Crippen LogP contribution < -0.4 is 0 Å². The summed E-state index contributed by atoms with van der Waals surface area (Å²) in [4.78, 5) is 20.2. The van der Waals surface area contributed by atoms with Gasteiger partial charge in [-0.15, -0.1) is 11.3 Å². The van der Waals surface area contributed by atoms with Gasteiger partial charge in [-0.1, -0.05) is 97.1 Å². The zero-order valence-electron chi connectivity index (χ0n) is 26.9. The molecule has 11 rings (SSSR count). The Kier molecular flexibility index (Phi) is 6.02. The van der Waals surface area contributed by atoms with Gasteiger partial charge < -0.3 is 8.83 Å². The van der Waals surface area contributed by atoms with Gasteiger partial charge in [-0.3, -0.25) is 0 Å². The lowest BCUT2D eigenvalue weighted by Crippen LogP contribution is -2.00. The molecule has 0 amide bonds. The Labute approximate surface area is 294 Å². The Morgan fingerprint density at radius 1 is 0.451 bits per heavy atom. The maximum atomic E-state index is 6.48. The monoisotopic (exact) mass is 672 g/mol. The van der Waals surface area contributed by atoms with Crippen molar-refractivity contribution in [2.45, 2.75) is 0 Å². The van der Waals surface area contributed by atoms with Crippen LogP contribution in [0.3, 0.4) is 0 Å². The summed E-state index contributed by atoms with van der Waals surface area (Å²) in [6, 6.07) is 49.4. The molecule has 0 aliphatic rings. The van der Waals surface area contributed by atoms with Crippen molar-refractivity contribution < 1.29 is 8.83 Å². The lowest BCUT2D eigenvalue weighted by Gasteiger charge is -2.10. The Hall–Kier alpha value is -6.70. The molecule has 0 N–H and O–H groups in total. The van der Waals surface area contributed by atoms with Crippen molar-refractivity contribution in [1.82, 2.24) is 19.9 Å². The van der Waals surface area contributed by atoms with Crippen LogP contribution in [0.15, 0.2) is 154 Å². The molecule has 0 unspecified atom stereocenters. The number of rotatable bonds is 4. The van der Waals surface area contributed by atoms with Crippen molar-refractivity contribution in [1.29, 1.82) is 0 Å². The molecule has 0 radical (unpaired) electrons. The molecule has 4 aromatic heterocycles. The van der Waals surface area contributed by atoms with E-state index in [0.717, 1.165) is 65.2 Å². The Morgan fingerprint density at radius 3 is 2.00 bits per heavy atom. The van der Waals surface area contributed by atoms with Crippen LogP contribution in [0.1, 0.15) is 0 Å². The van der Waals surface area contributed by atoms with E-state index in [9.17, 15) is 0 Å². The fourth-order valence-corrected chi connectivity index (χ4v) is 8.38. The largest absolute Gasteiger partial charge is 0.456 e. The summed E-state index contributed by atoms with van der Waals surface area (Å²) >= 11 is 1.77. The number of oxazole rings is 1. The van der Waals surface area contributed by atoms with E-state index in [4.69, 9.17) is 28.8 Å². The summed E-state index contributed by atoms with van der Waals surface area (Å²) in [5, 5.41) is 6.39. The second kappa shape index (κ2) is 10.9. The van der Waals surface area contributed by atoms with Crippen LogP contribution in [0.4, 0.5) is 0 Å². The molecule has 0 atom stereocenters. The molecule has 7 heteroatoms. The molecular formula is C44H24N4O2S. The van der Waals surface area contributed by atoms with Crippen LogP contribution in [-0.4, -0.2) is 19.9 Å². The van der Waals surface area contributed by atoms with E-state index in [1.54, 1.807) is 11.3 Å². The first kappa shape index (κ1) is 28.2. The van der Waals surface area contributed by atoms with Gasteiger partial charge in [0.1, 0.15) is 16.7 Å². The van der Waals surface area contributed by atoms with E-state index in [1.165, 1.54) is 15.5 Å². The number of hydrogen-bond donors (Lipinski definition) is 0.